The third-order valence-electron chi connectivity index (χ3n) is 1.76. The van der Waals surface area contributed by atoms with E-state index in [9.17, 15) is 4.79 Å². The van der Waals surface area contributed by atoms with Gasteiger partial charge in [0.15, 0.2) is 0 Å². The number of hydrogen-bond donors (Lipinski definition) is 2. The van der Waals surface area contributed by atoms with Crippen LogP contribution in [0.15, 0.2) is 12.1 Å². The summed E-state index contributed by atoms with van der Waals surface area (Å²) in [6.45, 7) is 5.36. The lowest BCUT2D eigenvalue weighted by atomic mass is 10.2. The number of carbonyl (C=O) groups is 1. The van der Waals surface area contributed by atoms with Gasteiger partial charge in [-0.2, -0.15) is 0 Å². The first kappa shape index (κ1) is 11.2. The number of hydrogen-bond acceptors (Lipinski definition) is 3. The summed E-state index contributed by atoms with van der Waals surface area (Å²) < 4.78 is 0. The summed E-state index contributed by atoms with van der Waals surface area (Å²) >= 11 is 1.46. The van der Waals surface area contributed by atoms with Crippen molar-refractivity contribution in [3.05, 3.63) is 21.9 Å². The SMILES string of the molecule is CC(C)CNC(=O)c1ccc(CN)s1. The molecule has 14 heavy (non-hydrogen) atoms. The third-order valence-corrected chi connectivity index (χ3v) is 2.86. The van der Waals surface area contributed by atoms with Gasteiger partial charge in [-0.1, -0.05) is 13.8 Å². The topological polar surface area (TPSA) is 55.1 Å². The van der Waals surface area contributed by atoms with E-state index < -0.39 is 0 Å². The van der Waals surface area contributed by atoms with Crippen LogP contribution in [0.4, 0.5) is 0 Å². The van der Waals surface area contributed by atoms with Crippen LogP contribution in [0.2, 0.25) is 0 Å². The zero-order valence-corrected chi connectivity index (χ0v) is 9.36. The summed E-state index contributed by atoms with van der Waals surface area (Å²) in [6.07, 6.45) is 0. The second-order valence-corrected chi connectivity index (χ2v) is 4.74. The summed E-state index contributed by atoms with van der Waals surface area (Å²) in [6, 6.07) is 3.72. The maximum absolute atomic E-state index is 11.5. The maximum atomic E-state index is 11.5. The highest BCUT2D eigenvalue weighted by molar-refractivity contribution is 7.14. The summed E-state index contributed by atoms with van der Waals surface area (Å²) in [5.74, 6) is 0.483. The normalized spacial score (nSPS) is 10.6. The molecule has 1 rings (SSSR count). The van der Waals surface area contributed by atoms with Gasteiger partial charge < -0.3 is 11.1 Å². The van der Waals surface area contributed by atoms with Gasteiger partial charge in [-0.05, 0) is 18.1 Å². The minimum absolute atomic E-state index is 0.00315. The number of nitrogens with one attached hydrogen (secondary N) is 1. The fourth-order valence-electron chi connectivity index (χ4n) is 0.994. The zero-order valence-electron chi connectivity index (χ0n) is 8.54. The predicted octanol–water partition coefficient (Wildman–Crippen LogP) is 1.59. The lowest BCUT2D eigenvalue weighted by Crippen LogP contribution is -2.26. The highest BCUT2D eigenvalue weighted by Gasteiger charge is 2.08. The van der Waals surface area contributed by atoms with Gasteiger partial charge in [0, 0.05) is 18.0 Å². The minimum Gasteiger partial charge on any atom is -0.351 e. The van der Waals surface area contributed by atoms with Crippen LogP contribution in [-0.4, -0.2) is 12.5 Å². The Hall–Kier alpha value is -0.870. The van der Waals surface area contributed by atoms with E-state index in [4.69, 9.17) is 5.73 Å². The van der Waals surface area contributed by atoms with Crippen molar-refractivity contribution in [2.75, 3.05) is 6.54 Å². The van der Waals surface area contributed by atoms with Crippen molar-refractivity contribution >= 4 is 17.2 Å². The first-order valence-corrected chi connectivity index (χ1v) is 5.52. The average Bonchev–Trinajstić information content (AvgIpc) is 2.62. The zero-order chi connectivity index (χ0) is 10.6. The Morgan fingerprint density at radius 3 is 2.79 bits per heavy atom. The van der Waals surface area contributed by atoms with Crippen LogP contribution >= 0.6 is 11.3 Å². The number of thiophene rings is 1. The van der Waals surface area contributed by atoms with Crippen LogP contribution in [0.25, 0.3) is 0 Å². The third kappa shape index (κ3) is 3.12. The number of amides is 1. The summed E-state index contributed by atoms with van der Waals surface area (Å²) in [4.78, 5) is 13.3. The molecule has 0 saturated heterocycles. The van der Waals surface area contributed by atoms with Gasteiger partial charge in [-0.3, -0.25) is 4.79 Å². The number of carbonyl (C=O) groups excluding carboxylic acids is 1. The highest BCUT2D eigenvalue weighted by atomic mass is 32.1. The van der Waals surface area contributed by atoms with E-state index in [2.05, 4.69) is 19.2 Å². The molecular weight excluding hydrogens is 196 g/mol. The predicted molar refractivity (Wildman–Crippen MR) is 59.4 cm³/mol. The standard InChI is InChI=1S/C10H16N2OS/c1-7(2)6-12-10(13)9-4-3-8(5-11)14-9/h3-4,7H,5-6,11H2,1-2H3,(H,12,13). The molecule has 3 nitrogen and oxygen atoms in total. The van der Waals surface area contributed by atoms with Crippen LogP contribution < -0.4 is 11.1 Å². The molecule has 0 aliphatic carbocycles. The second-order valence-electron chi connectivity index (χ2n) is 3.57. The summed E-state index contributed by atoms with van der Waals surface area (Å²) in [5.41, 5.74) is 5.46. The van der Waals surface area contributed by atoms with Gasteiger partial charge in [-0.15, -0.1) is 11.3 Å². The molecule has 0 saturated carbocycles. The van der Waals surface area contributed by atoms with Crippen molar-refractivity contribution in [2.24, 2.45) is 11.7 Å². The van der Waals surface area contributed by atoms with Gasteiger partial charge in [-0.25, -0.2) is 0 Å². The molecule has 0 aromatic carbocycles. The molecule has 0 radical (unpaired) electrons. The number of nitrogens with two attached hydrogens (primary N) is 1. The van der Waals surface area contributed by atoms with Crippen molar-refractivity contribution in [1.29, 1.82) is 0 Å². The van der Waals surface area contributed by atoms with Crippen molar-refractivity contribution in [3.8, 4) is 0 Å². The van der Waals surface area contributed by atoms with Gasteiger partial charge >= 0.3 is 0 Å². The van der Waals surface area contributed by atoms with Crippen molar-refractivity contribution in [2.45, 2.75) is 20.4 Å². The van der Waals surface area contributed by atoms with E-state index in [1.54, 1.807) is 0 Å². The number of rotatable bonds is 4. The van der Waals surface area contributed by atoms with E-state index in [0.717, 1.165) is 9.75 Å². The Morgan fingerprint density at radius 2 is 2.29 bits per heavy atom. The molecule has 1 heterocycles. The van der Waals surface area contributed by atoms with E-state index in [-0.39, 0.29) is 5.91 Å². The van der Waals surface area contributed by atoms with Gasteiger partial charge in [0.25, 0.3) is 5.91 Å². The lowest BCUT2D eigenvalue weighted by Gasteiger charge is -2.05. The highest BCUT2D eigenvalue weighted by Crippen LogP contribution is 2.15. The van der Waals surface area contributed by atoms with Gasteiger partial charge in [0.1, 0.15) is 0 Å². The molecule has 0 unspecified atom stereocenters. The van der Waals surface area contributed by atoms with Gasteiger partial charge in [0.2, 0.25) is 0 Å². The Bertz CT molecular complexity index is 307. The first-order chi connectivity index (χ1) is 6.63. The van der Waals surface area contributed by atoms with Crippen molar-refractivity contribution in [3.63, 3.8) is 0 Å². The maximum Gasteiger partial charge on any atom is 0.261 e. The molecule has 0 atom stereocenters. The molecule has 3 N–H and O–H groups in total. The molecule has 4 heteroatoms. The molecule has 0 bridgehead atoms. The van der Waals surface area contributed by atoms with Crippen LogP contribution in [0.5, 0.6) is 0 Å². The molecule has 0 aliphatic heterocycles. The van der Waals surface area contributed by atoms with Crippen LogP contribution in [0.3, 0.4) is 0 Å². The van der Waals surface area contributed by atoms with E-state index in [1.807, 2.05) is 12.1 Å². The average molecular weight is 212 g/mol. The van der Waals surface area contributed by atoms with Gasteiger partial charge in [0.05, 0.1) is 4.88 Å². The largest absolute Gasteiger partial charge is 0.351 e. The molecule has 1 aromatic heterocycles. The fraction of sp³-hybridized carbons (Fsp3) is 0.500. The minimum atomic E-state index is 0.00315. The first-order valence-electron chi connectivity index (χ1n) is 4.70. The molecule has 0 spiro atoms. The summed E-state index contributed by atoms with van der Waals surface area (Å²) in [5, 5.41) is 2.87. The lowest BCUT2D eigenvalue weighted by molar-refractivity contribution is 0.0953. The molecule has 0 fully saturated rings. The smallest absolute Gasteiger partial charge is 0.261 e. The second kappa shape index (κ2) is 5.12. The molecule has 78 valence electrons. The quantitative estimate of drug-likeness (QED) is 0.796. The van der Waals surface area contributed by atoms with E-state index in [1.165, 1.54) is 11.3 Å². The van der Waals surface area contributed by atoms with Crippen molar-refractivity contribution in [1.82, 2.24) is 5.32 Å². The Balaban J connectivity index is 2.52. The molecule has 0 aliphatic rings. The molecule has 1 aromatic rings. The Kier molecular flexibility index (Phi) is 4.10. The van der Waals surface area contributed by atoms with Crippen LogP contribution in [0, 0.1) is 5.92 Å². The molecule has 1 amide bonds. The van der Waals surface area contributed by atoms with Crippen LogP contribution in [0.1, 0.15) is 28.4 Å². The van der Waals surface area contributed by atoms with Crippen LogP contribution in [-0.2, 0) is 6.54 Å². The van der Waals surface area contributed by atoms with E-state index >= 15 is 0 Å². The Labute approximate surface area is 88.3 Å². The van der Waals surface area contributed by atoms with E-state index in [0.29, 0.717) is 19.0 Å². The summed E-state index contributed by atoms with van der Waals surface area (Å²) in [7, 11) is 0. The van der Waals surface area contributed by atoms with Crippen molar-refractivity contribution < 1.29 is 4.79 Å². The fourth-order valence-corrected chi connectivity index (χ4v) is 1.80. The monoisotopic (exact) mass is 212 g/mol. The Morgan fingerprint density at radius 1 is 1.57 bits per heavy atom. The molecular formula is C10H16N2OS.